The van der Waals surface area contributed by atoms with Crippen molar-refractivity contribution in [3.05, 3.63) is 57.9 Å². The first-order valence-electron chi connectivity index (χ1n) is 5.51. The van der Waals surface area contributed by atoms with E-state index in [2.05, 4.69) is 9.97 Å². The van der Waals surface area contributed by atoms with E-state index in [-0.39, 0.29) is 22.3 Å². The fourth-order valence-electron chi connectivity index (χ4n) is 2.01. The minimum atomic E-state index is -0.718. The zero-order valence-electron chi connectivity index (χ0n) is 9.83. The van der Waals surface area contributed by atoms with Gasteiger partial charge in [-0.3, -0.25) is 14.7 Å². The molecule has 2 aromatic heterocycles. The van der Waals surface area contributed by atoms with Crippen molar-refractivity contribution in [3.8, 4) is 5.82 Å². The van der Waals surface area contributed by atoms with E-state index >= 15 is 0 Å². The van der Waals surface area contributed by atoms with E-state index in [0.717, 1.165) is 6.20 Å². The van der Waals surface area contributed by atoms with Crippen molar-refractivity contribution in [3.63, 3.8) is 0 Å². The van der Waals surface area contributed by atoms with Crippen molar-refractivity contribution in [1.29, 1.82) is 0 Å². The second kappa shape index (κ2) is 4.53. The number of nitro groups is 1. The number of non-ortho nitro benzene ring substituents is 1. The molecule has 20 heavy (non-hydrogen) atoms. The lowest BCUT2D eigenvalue weighted by Crippen LogP contribution is -2.03. The molecule has 6 nitrogen and oxygen atoms in total. The Morgan fingerprint density at radius 2 is 2.15 bits per heavy atom. The number of benzene rings is 1. The monoisotopic (exact) mass is 292 g/mol. The van der Waals surface area contributed by atoms with Crippen LogP contribution in [0.5, 0.6) is 0 Å². The molecule has 8 heteroatoms. The molecule has 0 aliphatic rings. The van der Waals surface area contributed by atoms with Gasteiger partial charge in [0.05, 0.1) is 11.1 Å². The summed E-state index contributed by atoms with van der Waals surface area (Å²) < 4.78 is 15.1. The van der Waals surface area contributed by atoms with Gasteiger partial charge in [-0.1, -0.05) is 12.1 Å². The molecule has 0 saturated carbocycles. The first-order chi connectivity index (χ1) is 9.58. The Labute approximate surface area is 116 Å². The van der Waals surface area contributed by atoms with E-state index in [1.807, 2.05) is 0 Å². The molecule has 2 heterocycles. The first kappa shape index (κ1) is 12.5. The standard InChI is InChI=1S/C12H6ClFN4O2/c13-12-15-6-8(14)11(16-12)17-5-4-7-2-1-3-9(10(7)17)18(19)20/h1-6H. The van der Waals surface area contributed by atoms with Crippen molar-refractivity contribution >= 4 is 28.2 Å². The fraction of sp³-hybridized carbons (Fsp3) is 0. The number of halogens is 2. The molecular weight excluding hydrogens is 287 g/mol. The summed E-state index contributed by atoms with van der Waals surface area (Å²) in [5.41, 5.74) is 0.118. The number of aromatic nitrogens is 3. The van der Waals surface area contributed by atoms with E-state index in [4.69, 9.17) is 11.6 Å². The van der Waals surface area contributed by atoms with Crippen LogP contribution in [-0.4, -0.2) is 19.5 Å². The molecule has 3 aromatic rings. The Balaban J connectivity index is 2.37. The molecule has 0 radical (unpaired) electrons. The van der Waals surface area contributed by atoms with Crippen molar-refractivity contribution in [2.75, 3.05) is 0 Å². The predicted octanol–water partition coefficient (Wildman–Crippen LogP) is 3.12. The average Bonchev–Trinajstić information content (AvgIpc) is 2.85. The second-order valence-corrected chi connectivity index (χ2v) is 4.31. The summed E-state index contributed by atoms with van der Waals surface area (Å²) in [6, 6.07) is 6.24. The summed E-state index contributed by atoms with van der Waals surface area (Å²) in [5.74, 6) is -0.848. The van der Waals surface area contributed by atoms with E-state index in [1.165, 1.54) is 16.8 Å². The van der Waals surface area contributed by atoms with E-state index in [9.17, 15) is 14.5 Å². The lowest BCUT2D eigenvalue weighted by molar-refractivity contribution is -0.383. The van der Waals surface area contributed by atoms with Crippen LogP contribution in [0.25, 0.3) is 16.7 Å². The van der Waals surface area contributed by atoms with Gasteiger partial charge in [0.2, 0.25) is 5.28 Å². The molecule has 0 aliphatic heterocycles. The molecule has 3 rings (SSSR count). The van der Waals surface area contributed by atoms with Crippen LogP contribution in [0.1, 0.15) is 0 Å². The Bertz CT molecular complexity index is 833. The number of fused-ring (bicyclic) bond motifs is 1. The molecule has 1 aromatic carbocycles. The highest BCUT2D eigenvalue weighted by Gasteiger charge is 2.19. The zero-order chi connectivity index (χ0) is 14.3. The number of hydrogen-bond acceptors (Lipinski definition) is 4. The number of nitro benzene ring substituents is 1. The highest BCUT2D eigenvalue weighted by atomic mass is 35.5. The molecule has 0 N–H and O–H groups in total. The van der Waals surface area contributed by atoms with Crippen LogP contribution in [-0.2, 0) is 0 Å². The quantitative estimate of drug-likeness (QED) is 0.413. The lowest BCUT2D eigenvalue weighted by atomic mass is 10.2. The first-order valence-corrected chi connectivity index (χ1v) is 5.88. The molecule has 0 atom stereocenters. The molecule has 0 aliphatic carbocycles. The Kier molecular flexibility index (Phi) is 2.83. The zero-order valence-corrected chi connectivity index (χ0v) is 10.6. The molecule has 100 valence electrons. The van der Waals surface area contributed by atoms with Crippen LogP contribution in [0.3, 0.4) is 0 Å². The number of nitrogens with zero attached hydrogens (tertiary/aromatic N) is 4. The van der Waals surface area contributed by atoms with Gasteiger partial charge in [0.25, 0.3) is 5.69 Å². The summed E-state index contributed by atoms with van der Waals surface area (Å²) in [7, 11) is 0. The van der Waals surface area contributed by atoms with Crippen LogP contribution in [0.2, 0.25) is 5.28 Å². The van der Waals surface area contributed by atoms with Crippen molar-refractivity contribution in [2.45, 2.75) is 0 Å². The molecule has 0 bridgehead atoms. The van der Waals surface area contributed by atoms with Gasteiger partial charge < -0.3 is 0 Å². The Hall–Kier alpha value is -2.54. The van der Waals surface area contributed by atoms with E-state index < -0.39 is 10.7 Å². The second-order valence-electron chi connectivity index (χ2n) is 3.97. The van der Waals surface area contributed by atoms with Gasteiger partial charge in [0, 0.05) is 17.6 Å². The van der Waals surface area contributed by atoms with Crippen molar-refractivity contribution < 1.29 is 9.31 Å². The SMILES string of the molecule is O=[N+]([O-])c1cccc2ccn(-c3nc(Cl)ncc3F)c12. The van der Waals surface area contributed by atoms with Gasteiger partial charge in [-0.2, -0.15) is 4.98 Å². The van der Waals surface area contributed by atoms with Crippen LogP contribution < -0.4 is 0 Å². The third-order valence-electron chi connectivity index (χ3n) is 2.81. The number of hydrogen-bond donors (Lipinski definition) is 0. The van der Waals surface area contributed by atoms with Crippen molar-refractivity contribution in [1.82, 2.24) is 14.5 Å². The maximum atomic E-state index is 13.8. The van der Waals surface area contributed by atoms with Crippen molar-refractivity contribution in [2.24, 2.45) is 0 Å². The van der Waals surface area contributed by atoms with Gasteiger partial charge in [-0.15, -0.1) is 0 Å². The maximum absolute atomic E-state index is 13.8. The predicted molar refractivity (Wildman–Crippen MR) is 70.5 cm³/mol. The highest BCUT2D eigenvalue weighted by molar-refractivity contribution is 6.28. The minimum absolute atomic E-state index is 0.130. The third kappa shape index (κ3) is 1.88. The normalized spacial score (nSPS) is 10.9. The molecule has 0 spiro atoms. The van der Waals surface area contributed by atoms with Gasteiger partial charge in [0.15, 0.2) is 11.6 Å². The van der Waals surface area contributed by atoms with Gasteiger partial charge in [-0.25, -0.2) is 9.37 Å². The summed E-state index contributed by atoms with van der Waals surface area (Å²) in [4.78, 5) is 17.9. The Morgan fingerprint density at radius 3 is 2.90 bits per heavy atom. The fourth-order valence-corrected chi connectivity index (χ4v) is 2.13. The van der Waals surface area contributed by atoms with Crippen LogP contribution in [0, 0.1) is 15.9 Å². The third-order valence-corrected chi connectivity index (χ3v) is 2.99. The van der Waals surface area contributed by atoms with Crippen LogP contribution in [0.4, 0.5) is 10.1 Å². The molecule has 0 saturated heterocycles. The largest absolute Gasteiger partial charge is 0.293 e. The lowest BCUT2D eigenvalue weighted by Gasteiger charge is -2.06. The topological polar surface area (TPSA) is 73.8 Å². The van der Waals surface area contributed by atoms with Crippen LogP contribution >= 0.6 is 11.6 Å². The number of para-hydroxylation sites is 1. The smallest absolute Gasteiger partial charge is 0.292 e. The van der Waals surface area contributed by atoms with E-state index in [0.29, 0.717) is 5.39 Å². The van der Waals surface area contributed by atoms with Gasteiger partial charge >= 0.3 is 0 Å². The summed E-state index contributed by atoms with van der Waals surface area (Å²) in [6.45, 7) is 0. The summed E-state index contributed by atoms with van der Waals surface area (Å²) in [6.07, 6.45) is 2.42. The van der Waals surface area contributed by atoms with E-state index in [1.54, 1.807) is 18.2 Å². The average molecular weight is 293 g/mol. The summed E-state index contributed by atoms with van der Waals surface area (Å²) in [5, 5.41) is 11.6. The molecule has 0 unspecified atom stereocenters. The molecular formula is C12H6ClFN4O2. The molecule has 0 amide bonds. The van der Waals surface area contributed by atoms with Gasteiger partial charge in [0.1, 0.15) is 5.52 Å². The number of rotatable bonds is 2. The highest BCUT2D eigenvalue weighted by Crippen LogP contribution is 2.29. The van der Waals surface area contributed by atoms with Gasteiger partial charge in [-0.05, 0) is 17.7 Å². The van der Waals surface area contributed by atoms with Crippen LogP contribution in [0.15, 0.2) is 36.7 Å². The maximum Gasteiger partial charge on any atom is 0.293 e. The Morgan fingerprint density at radius 1 is 1.35 bits per heavy atom. The molecule has 0 fully saturated rings. The minimum Gasteiger partial charge on any atom is -0.292 e. The summed E-state index contributed by atoms with van der Waals surface area (Å²) >= 11 is 5.65.